The van der Waals surface area contributed by atoms with Crippen LogP contribution in [0.25, 0.3) is 10.9 Å². The van der Waals surface area contributed by atoms with Crippen molar-refractivity contribution < 1.29 is 4.74 Å². The molecule has 0 aliphatic carbocycles. The van der Waals surface area contributed by atoms with E-state index in [0.717, 1.165) is 16.6 Å². The molecule has 0 unspecified atom stereocenters. The van der Waals surface area contributed by atoms with Crippen LogP contribution in [0.4, 0.5) is 5.69 Å². The van der Waals surface area contributed by atoms with E-state index in [1.165, 1.54) is 0 Å². The van der Waals surface area contributed by atoms with E-state index in [4.69, 9.17) is 4.74 Å². The Kier molecular flexibility index (Phi) is 2.18. The fourth-order valence-electron chi connectivity index (χ4n) is 1.42. The molecule has 0 fully saturated rings. The summed E-state index contributed by atoms with van der Waals surface area (Å²) in [5.41, 5.74) is 1.80. The van der Waals surface area contributed by atoms with E-state index in [0.29, 0.717) is 5.88 Å². The summed E-state index contributed by atoms with van der Waals surface area (Å²) in [4.78, 5) is 8.32. The standard InChI is InChI=1S/C10H11N3O/c1-11-8-4-6-12-9-7(8)3-5-13-10(9)14-2/h3-6H,1-2H3,(H,11,12). The Morgan fingerprint density at radius 3 is 2.71 bits per heavy atom. The molecule has 0 saturated heterocycles. The highest BCUT2D eigenvalue weighted by molar-refractivity contribution is 5.93. The lowest BCUT2D eigenvalue weighted by molar-refractivity contribution is 0.402. The van der Waals surface area contributed by atoms with Crippen LogP contribution in [-0.2, 0) is 0 Å². The number of nitrogens with one attached hydrogen (secondary N) is 1. The lowest BCUT2D eigenvalue weighted by atomic mass is 10.2. The van der Waals surface area contributed by atoms with E-state index >= 15 is 0 Å². The normalized spacial score (nSPS) is 10.1. The van der Waals surface area contributed by atoms with Crippen molar-refractivity contribution in [2.45, 2.75) is 0 Å². The molecule has 0 radical (unpaired) electrons. The Labute approximate surface area is 81.9 Å². The second-order valence-corrected chi connectivity index (χ2v) is 2.82. The quantitative estimate of drug-likeness (QED) is 0.780. The highest BCUT2D eigenvalue weighted by Gasteiger charge is 2.05. The molecule has 0 atom stereocenters. The summed E-state index contributed by atoms with van der Waals surface area (Å²) in [6.45, 7) is 0. The predicted octanol–water partition coefficient (Wildman–Crippen LogP) is 1.68. The third-order valence-electron chi connectivity index (χ3n) is 2.09. The molecule has 0 saturated carbocycles. The van der Waals surface area contributed by atoms with Gasteiger partial charge in [0.15, 0.2) is 0 Å². The van der Waals surface area contributed by atoms with Crippen LogP contribution >= 0.6 is 0 Å². The van der Waals surface area contributed by atoms with Gasteiger partial charge in [-0.1, -0.05) is 0 Å². The van der Waals surface area contributed by atoms with Crippen LogP contribution < -0.4 is 10.1 Å². The molecule has 0 aromatic carbocycles. The Hall–Kier alpha value is -1.84. The van der Waals surface area contributed by atoms with Gasteiger partial charge in [0.2, 0.25) is 5.88 Å². The summed E-state index contributed by atoms with van der Waals surface area (Å²) in [7, 11) is 3.47. The number of ether oxygens (including phenoxy) is 1. The molecule has 72 valence electrons. The summed E-state index contributed by atoms with van der Waals surface area (Å²) >= 11 is 0. The highest BCUT2D eigenvalue weighted by Crippen LogP contribution is 2.25. The van der Waals surface area contributed by atoms with Crippen molar-refractivity contribution >= 4 is 16.6 Å². The van der Waals surface area contributed by atoms with Gasteiger partial charge in [0.1, 0.15) is 5.52 Å². The number of anilines is 1. The Morgan fingerprint density at radius 1 is 1.21 bits per heavy atom. The zero-order valence-corrected chi connectivity index (χ0v) is 8.11. The first-order valence-corrected chi connectivity index (χ1v) is 4.32. The average Bonchev–Trinajstić information content (AvgIpc) is 2.27. The van der Waals surface area contributed by atoms with Crippen molar-refractivity contribution in [2.75, 3.05) is 19.5 Å². The summed E-state index contributed by atoms with van der Waals surface area (Å²) < 4.78 is 5.13. The smallest absolute Gasteiger partial charge is 0.240 e. The van der Waals surface area contributed by atoms with Crippen molar-refractivity contribution in [1.29, 1.82) is 0 Å². The third kappa shape index (κ3) is 1.25. The number of hydrogen-bond acceptors (Lipinski definition) is 4. The number of hydrogen-bond donors (Lipinski definition) is 1. The number of rotatable bonds is 2. The molecule has 2 rings (SSSR count). The van der Waals surface area contributed by atoms with Gasteiger partial charge in [-0.2, -0.15) is 0 Å². The van der Waals surface area contributed by atoms with Crippen LogP contribution in [-0.4, -0.2) is 24.1 Å². The first kappa shape index (κ1) is 8.74. The molecular weight excluding hydrogens is 178 g/mol. The average molecular weight is 189 g/mol. The van der Waals surface area contributed by atoms with E-state index in [1.807, 2.05) is 19.2 Å². The van der Waals surface area contributed by atoms with Crippen LogP contribution in [0.2, 0.25) is 0 Å². The van der Waals surface area contributed by atoms with Crippen molar-refractivity contribution in [3.63, 3.8) is 0 Å². The van der Waals surface area contributed by atoms with Gasteiger partial charge in [-0.25, -0.2) is 4.98 Å². The first-order chi connectivity index (χ1) is 6.86. The van der Waals surface area contributed by atoms with E-state index in [-0.39, 0.29) is 0 Å². The van der Waals surface area contributed by atoms with E-state index in [1.54, 1.807) is 19.5 Å². The van der Waals surface area contributed by atoms with Gasteiger partial charge in [-0.05, 0) is 12.1 Å². The molecule has 0 amide bonds. The maximum Gasteiger partial charge on any atom is 0.240 e. The molecule has 4 nitrogen and oxygen atoms in total. The number of fused-ring (bicyclic) bond motifs is 1. The molecule has 4 heteroatoms. The maximum atomic E-state index is 5.13. The minimum atomic E-state index is 0.555. The Bertz CT molecular complexity index is 413. The number of aromatic nitrogens is 2. The second kappa shape index (κ2) is 3.49. The zero-order chi connectivity index (χ0) is 9.97. The number of nitrogens with zero attached hydrogens (tertiary/aromatic N) is 2. The lowest BCUT2D eigenvalue weighted by Crippen LogP contribution is -1.94. The van der Waals surface area contributed by atoms with Gasteiger partial charge in [0, 0.05) is 30.5 Å². The minimum absolute atomic E-state index is 0.555. The van der Waals surface area contributed by atoms with Crippen molar-refractivity contribution in [1.82, 2.24) is 9.97 Å². The molecule has 1 N–H and O–H groups in total. The fraction of sp³-hybridized carbons (Fsp3) is 0.200. The highest BCUT2D eigenvalue weighted by atomic mass is 16.5. The van der Waals surface area contributed by atoms with Crippen LogP contribution in [0.1, 0.15) is 0 Å². The number of methoxy groups -OCH3 is 1. The summed E-state index contributed by atoms with van der Waals surface area (Å²) in [6.07, 6.45) is 3.45. The Balaban J connectivity index is 2.77. The van der Waals surface area contributed by atoms with E-state index in [9.17, 15) is 0 Å². The predicted molar refractivity (Wildman–Crippen MR) is 55.6 cm³/mol. The molecule has 0 spiro atoms. The fourth-order valence-corrected chi connectivity index (χ4v) is 1.42. The number of pyridine rings is 2. The van der Waals surface area contributed by atoms with Crippen LogP contribution in [0.3, 0.4) is 0 Å². The molecule has 2 heterocycles. The summed E-state index contributed by atoms with van der Waals surface area (Å²) in [6, 6.07) is 3.83. The molecule has 0 aliphatic heterocycles. The van der Waals surface area contributed by atoms with Gasteiger partial charge in [0.25, 0.3) is 0 Å². The van der Waals surface area contributed by atoms with Crippen LogP contribution in [0.15, 0.2) is 24.5 Å². The monoisotopic (exact) mass is 189 g/mol. The molecule has 0 aliphatic rings. The van der Waals surface area contributed by atoms with Crippen molar-refractivity contribution in [3.8, 4) is 5.88 Å². The third-order valence-corrected chi connectivity index (χ3v) is 2.09. The molecule has 14 heavy (non-hydrogen) atoms. The van der Waals surface area contributed by atoms with Gasteiger partial charge in [-0.15, -0.1) is 0 Å². The molecule has 0 bridgehead atoms. The lowest BCUT2D eigenvalue weighted by Gasteiger charge is -2.06. The largest absolute Gasteiger partial charge is 0.479 e. The molecule has 2 aromatic rings. The zero-order valence-electron chi connectivity index (χ0n) is 8.11. The van der Waals surface area contributed by atoms with Gasteiger partial charge < -0.3 is 10.1 Å². The van der Waals surface area contributed by atoms with Crippen molar-refractivity contribution in [2.24, 2.45) is 0 Å². The molecule has 2 aromatic heterocycles. The van der Waals surface area contributed by atoms with Gasteiger partial charge >= 0.3 is 0 Å². The van der Waals surface area contributed by atoms with Gasteiger partial charge in [-0.3, -0.25) is 4.98 Å². The Morgan fingerprint density at radius 2 is 2.00 bits per heavy atom. The summed E-state index contributed by atoms with van der Waals surface area (Å²) in [5, 5.41) is 4.11. The van der Waals surface area contributed by atoms with Gasteiger partial charge in [0.05, 0.1) is 7.11 Å². The van der Waals surface area contributed by atoms with Crippen molar-refractivity contribution in [3.05, 3.63) is 24.5 Å². The topological polar surface area (TPSA) is 47.0 Å². The minimum Gasteiger partial charge on any atom is -0.479 e. The SMILES string of the molecule is CNc1ccnc2c(OC)nccc12. The summed E-state index contributed by atoms with van der Waals surface area (Å²) in [5.74, 6) is 0.555. The van der Waals surface area contributed by atoms with Crippen LogP contribution in [0.5, 0.6) is 5.88 Å². The maximum absolute atomic E-state index is 5.13. The van der Waals surface area contributed by atoms with E-state index < -0.39 is 0 Å². The molecular formula is C10H11N3O. The van der Waals surface area contributed by atoms with Crippen LogP contribution in [0, 0.1) is 0 Å². The first-order valence-electron chi connectivity index (χ1n) is 4.32. The van der Waals surface area contributed by atoms with E-state index in [2.05, 4.69) is 15.3 Å². The second-order valence-electron chi connectivity index (χ2n) is 2.82.